The van der Waals surface area contributed by atoms with Gasteiger partial charge in [0.1, 0.15) is 11.6 Å². The van der Waals surface area contributed by atoms with Crippen LogP contribution in [-0.4, -0.2) is 35.0 Å². The quantitative estimate of drug-likeness (QED) is 0.815. The fourth-order valence-corrected chi connectivity index (χ4v) is 3.26. The third-order valence-electron chi connectivity index (χ3n) is 4.62. The molecule has 1 aromatic heterocycles. The Balaban J connectivity index is 1.82. The van der Waals surface area contributed by atoms with Crippen LogP contribution in [-0.2, 0) is 11.2 Å². The average Bonchev–Trinajstić information content (AvgIpc) is 3.06. The third-order valence-corrected chi connectivity index (χ3v) is 4.62. The topological polar surface area (TPSA) is 70.2 Å². The van der Waals surface area contributed by atoms with E-state index in [9.17, 15) is 9.18 Å². The number of nitrogens with one attached hydrogen (secondary N) is 2. The zero-order valence-corrected chi connectivity index (χ0v) is 16.1. The SMILES string of the molecule is CCCc1cc(N2CC[C@H](NC(C)=O)C2)nc(Nc2ccc(C)c(F)c2)n1. The smallest absolute Gasteiger partial charge is 0.229 e. The van der Waals surface area contributed by atoms with Crippen molar-refractivity contribution >= 4 is 23.4 Å². The summed E-state index contributed by atoms with van der Waals surface area (Å²) in [6.07, 6.45) is 2.71. The average molecular weight is 371 g/mol. The normalized spacial score (nSPS) is 16.4. The molecule has 1 saturated heterocycles. The summed E-state index contributed by atoms with van der Waals surface area (Å²) in [5.41, 5.74) is 2.17. The molecule has 144 valence electrons. The number of hydrogen-bond acceptors (Lipinski definition) is 5. The van der Waals surface area contributed by atoms with Crippen LogP contribution in [0, 0.1) is 12.7 Å². The van der Waals surface area contributed by atoms with E-state index in [0.29, 0.717) is 17.2 Å². The number of aryl methyl sites for hydroxylation is 2. The Hall–Kier alpha value is -2.70. The highest BCUT2D eigenvalue weighted by Gasteiger charge is 2.24. The molecule has 1 aromatic carbocycles. The number of aromatic nitrogens is 2. The van der Waals surface area contributed by atoms with E-state index < -0.39 is 0 Å². The van der Waals surface area contributed by atoms with Gasteiger partial charge in [0.05, 0.1) is 0 Å². The van der Waals surface area contributed by atoms with Gasteiger partial charge in [0.2, 0.25) is 11.9 Å². The van der Waals surface area contributed by atoms with Crippen molar-refractivity contribution in [2.75, 3.05) is 23.3 Å². The molecule has 1 aliphatic rings. The van der Waals surface area contributed by atoms with Crippen molar-refractivity contribution < 1.29 is 9.18 Å². The first-order chi connectivity index (χ1) is 12.9. The first kappa shape index (κ1) is 19.1. The summed E-state index contributed by atoms with van der Waals surface area (Å²) in [5.74, 6) is 1.01. The van der Waals surface area contributed by atoms with Gasteiger partial charge in [-0.3, -0.25) is 4.79 Å². The van der Waals surface area contributed by atoms with Crippen LogP contribution in [0.5, 0.6) is 0 Å². The summed E-state index contributed by atoms with van der Waals surface area (Å²) in [5, 5.41) is 6.09. The molecule has 2 N–H and O–H groups in total. The van der Waals surface area contributed by atoms with Crippen LogP contribution in [0.4, 0.5) is 21.8 Å². The van der Waals surface area contributed by atoms with E-state index >= 15 is 0 Å². The van der Waals surface area contributed by atoms with Crippen LogP contribution in [0.1, 0.15) is 37.9 Å². The highest BCUT2D eigenvalue weighted by Crippen LogP contribution is 2.23. The number of amides is 1. The minimum Gasteiger partial charge on any atom is -0.354 e. The molecule has 0 aliphatic carbocycles. The van der Waals surface area contributed by atoms with Crippen molar-refractivity contribution in [1.29, 1.82) is 0 Å². The second-order valence-corrected chi connectivity index (χ2v) is 7.01. The standard InChI is InChI=1S/C20H26FN5O/c1-4-5-15-11-19(26-9-8-17(12-26)22-14(3)27)25-20(23-15)24-16-7-6-13(2)18(21)10-16/h6-7,10-11,17H,4-5,8-9,12H2,1-3H3,(H,22,27)(H,23,24,25)/t17-/m0/s1. The van der Waals surface area contributed by atoms with E-state index in [1.165, 1.54) is 13.0 Å². The van der Waals surface area contributed by atoms with E-state index in [0.717, 1.165) is 43.9 Å². The number of hydrogen-bond donors (Lipinski definition) is 2. The van der Waals surface area contributed by atoms with Gasteiger partial charge in [-0.15, -0.1) is 0 Å². The van der Waals surface area contributed by atoms with Gasteiger partial charge in [-0.05, 0) is 37.5 Å². The fraction of sp³-hybridized carbons (Fsp3) is 0.450. The molecule has 7 heteroatoms. The lowest BCUT2D eigenvalue weighted by atomic mass is 10.2. The molecular weight excluding hydrogens is 345 g/mol. The summed E-state index contributed by atoms with van der Waals surface area (Å²) in [7, 11) is 0. The van der Waals surface area contributed by atoms with Crippen LogP contribution >= 0.6 is 0 Å². The molecular formula is C20H26FN5O. The molecule has 0 unspecified atom stereocenters. The lowest BCUT2D eigenvalue weighted by molar-refractivity contribution is -0.119. The Morgan fingerprint density at radius 3 is 2.85 bits per heavy atom. The predicted molar refractivity (Wildman–Crippen MR) is 105 cm³/mol. The van der Waals surface area contributed by atoms with Crippen molar-refractivity contribution in [3.63, 3.8) is 0 Å². The number of carbonyl (C=O) groups excluding carboxylic acids is 1. The second-order valence-electron chi connectivity index (χ2n) is 7.01. The monoisotopic (exact) mass is 371 g/mol. The largest absolute Gasteiger partial charge is 0.354 e. The molecule has 0 spiro atoms. The Kier molecular flexibility index (Phi) is 5.88. The van der Waals surface area contributed by atoms with E-state index in [-0.39, 0.29) is 17.8 Å². The molecule has 1 aliphatic heterocycles. The fourth-order valence-electron chi connectivity index (χ4n) is 3.26. The maximum absolute atomic E-state index is 13.8. The molecule has 3 rings (SSSR count). The Bertz CT molecular complexity index is 826. The van der Waals surface area contributed by atoms with E-state index in [2.05, 4.69) is 32.4 Å². The molecule has 2 aromatic rings. The van der Waals surface area contributed by atoms with Crippen LogP contribution in [0.2, 0.25) is 0 Å². The number of anilines is 3. The number of nitrogens with zero attached hydrogens (tertiary/aromatic N) is 3. The van der Waals surface area contributed by atoms with Crippen LogP contribution in [0.25, 0.3) is 0 Å². The molecule has 27 heavy (non-hydrogen) atoms. The minimum absolute atomic E-state index is 0.0139. The van der Waals surface area contributed by atoms with Gasteiger partial charge >= 0.3 is 0 Å². The number of benzene rings is 1. The van der Waals surface area contributed by atoms with Gasteiger partial charge in [-0.25, -0.2) is 9.37 Å². The summed E-state index contributed by atoms with van der Waals surface area (Å²) in [6, 6.07) is 7.13. The van der Waals surface area contributed by atoms with Crippen molar-refractivity contribution in [2.45, 2.75) is 46.1 Å². The van der Waals surface area contributed by atoms with Crippen molar-refractivity contribution in [1.82, 2.24) is 15.3 Å². The molecule has 2 heterocycles. The maximum Gasteiger partial charge on any atom is 0.229 e. The second kappa shape index (κ2) is 8.33. The highest BCUT2D eigenvalue weighted by atomic mass is 19.1. The molecule has 1 atom stereocenters. The number of carbonyl (C=O) groups is 1. The van der Waals surface area contributed by atoms with Crippen LogP contribution in [0.3, 0.4) is 0 Å². The van der Waals surface area contributed by atoms with Gasteiger partial charge in [-0.2, -0.15) is 4.98 Å². The molecule has 0 saturated carbocycles. The van der Waals surface area contributed by atoms with Gasteiger partial charge in [0.15, 0.2) is 0 Å². The summed E-state index contributed by atoms with van der Waals surface area (Å²) < 4.78 is 13.8. The molecule has 1 amide bonds. The van der Waals surface area contributed by atoms with Crippen LogP contribution < -0.4 is 15.5 Å². The third kappa shape index (κ3) is 4.93. The lowest BCUT2D eigenvalue weighted by Gasteiger charge is -2.19. The Morgan fingerprint density at radius 2 is 2.15 bits per heavy atom. The van der Waals surface area contributed by atoms with Gasteiger partial charge in [0, 0.05) is 43.5 Å². The molecule has 1 fully saturated rings. The van der Waals surface area contributed by atoms with E-state index in [4.69, 9.17) is 0 Å². The first-order valence-electron chi connectivity index (χ1n) is 9.37. The van der Waals surface area contributed by atoms with E-state index in [1.54, 1.807) is 13.0 Å². The molecule has 0 bridgehead atoms. The maximum atomic E-state index is 13.8. The number of halogens is 1. The Morgan fingerprint density at radius 1 is 1.33 bits per heavy atom. The highest BCUT2D eigenvalue weighted by molar-refractivity contribution is 5.73. The van der Waals surface area contributed by atoms with Crippen molar-refractivity contribution in [3.05, 3.63) is 41.3 Å². The van der Waals surface area contributed by atoms with Crippen molar-refractivity contribution in [3.8, 4) is 0 Å². The summed E-state index contributed by atoms with van der Waals surface area (Å²) in [4.78, 5) is 22.6. The summed E-state index contributed by atoms with van der Waals surface area (Å²) in [6.45, 7) is 6.92. The lowest BCUT2D eigenvalue weighted by Crippen LogP contribution is -2.35. The zero-order chi connectivity index (χ0) is 19.4. The predicted octanol–water partition coefficient (Wildman–Crippen LogP) is 3.34. The molecule has 6 nitrogen and oxygen atoms in total. The van der Waals surface area contributed by atoms with Gasteiger partial charge in [0.25, 0.3) is 0 Å². The number of rotatable bonds is 6. The Labute approximate surface area is 159 Å². The van der Waals surface area contributed by atoms with Gasteiger partial charge < -0.3 is 15.5 Å². The van der Waals surface area contributed by atoms with Gasteiger partial charge in [-0.1, -0.05) is 19.4 Å². The van der Waals surface area contributed by atoms with E-state index in [1.807, 2.05) is 12.1 Å². The summed E-state index contributed by atoms with van der Waals surface area (Å²) >= 11 is 0. The first-order valence-corrected chi connectivity index (χ1v) is 9.37. The zero-order valence-electron chi connectivity index (χ0n) is 16.1. The van der Waals surface area contributed by atoms with Crippen LogP contribution in [0.15, 0.2) is 24.3 Å². The minimum atomic E-state index is -0.261. The van der Waals surface area contributed by atoms with Crippen molar-refractivity contribution in [2.24, 2.45) is 0 Å². The molecule has 0 radical (unpaired) electrons.